The van der Waals surface area contributed by atoms with Gasteiger partial charge in [-0.05, 0) is 30.3 Å². The van der Waals surface area contributed by atoms with Gasteiger partial charge in [-0.2, -0.15) is 0 Å². The van der Waals surface area contributed by atoms with Gasteiger partial charge in [0, 0.05) is 18.2 Å². The zero-order valence-electron chi connectivity index (χ0n) is 19.5. The molecule has 0 bridgehead atoms. The number of nitrogens with zero attached hydrogens (tertiary/aromatic N) is 2. The van der Waals surface area contributed by atoms with Gasteiger partial charge in [-0.25, -0.2) is 13.4 Å². The van der Waals surface area contributed by atoms with Crippen molar-refractivity contribution in [2.45, 2.75) is 11.4 Å². The second-order valence-corrected chi connectivity index (χ2v) is 9.24. The van der Waals surface area contributed by atoms with Gasteiger partial charge in [-0.3, -0.25) is 9.52 Å². The topological polar surface area (TPSA) is 116 Å². The summed E-state index contributed by atoms with van der Waals surface area (Å²) in [7, 11) is 0.503. The molecule has 1 N–H and O–H groups in total. The van der Waals surface area contributed by atoms with Crippen LogP contribution in [0.2, 0.25) is 0 Å². The molecule has 0 saturated heterocycles. The summed E-state index contributed by atoms with van der Waals surface area (Å²) in [5, 5.41) is 0. The molecule has 0 saturated carbocycles. The lowest BCUT2D eigenvalue weighted by Crippen LogP contribution is -2.32. The number of ether oxygens (including phenoxy) is 4. The molecule has 35 heavy (non-hydrogen) atoms. The number of pyridine rings is 1. The van der Waals surface area contributed by atoms with Crippen LogP contribution in [0.1, 0.15) is 15.9 Å². The van der Waals surface area contributed by atoms with Crippen LogP contribution in [-0.2, 0) is 16.6 Å². The summed E-state index contributed by atoms with van der Waals surface area (Å²) < 4.78 is 49.9. The number of carbonyl (C=O) groups is 1. The van der Waals surface area contributed by atoms with Crippen LogP contribution >= 0.6 is 0 Å². The number of hydrogen-bond acceptors (Lipinski definition) is 8. The fourth-order valence-electron chi connectivity index (χ4n) is 3.69. The number of anilines is 1. The highest BCUT2D eigenvalue weighted by Gasteiger charge is 2.27. The lowest BCUT2D eigenvalue weighted by atomic mass is 10.1. The van der Waals surface area contributed by atoms with E-state index >= 15 is 0 Å². The van der Waals surface area contributed by atoms with Gasteiger partial charge in [-0.1, -0.05) is 12.1 Å². The minimum absolute atomic E-state index is 0.0340. The number of aromatic nitrogens is 1. The number of hydrogen-bond donors (Lipinski definition) is 1. The van der Waals surface area contributed by atoms with Crippen molar-refractivity contribution in [1.82, 2.24) is 9.88 Å². The van der Waals surface area contributed by atoms with Crippen molar-refractivity contribution in [3.05, 3.63) is 65.9 Å². The molecule has 2 heterocycles. The number of nitrogens with one attached hydrogen (secondary N) is 1. The van der Waals surface area contributed by atoms with Crippen molar-refractivity contribution in [3.8, 4) is 23.1 Å². The molecule has 1 aromatic heterocycles. The van der Waals surface area contributed by atoms with Crippen molar-refractivity contribution in [1.29, 1.82) is 0 Å². The first-order valence-electron chi connectivity index (χ1n) is 10.6. The quantitative estimate of drug-likeness (QED) is 0.503. The third-order valence-corrected chi connectivity index (χ3v) is 6.86. The largest absolute Gasteiger partial charge is 0.497 e. The second kappa shape index (κ2) is 10.1. The highest BCUT2D eigenvalue weighted by Crippen LogP contribution is 2.30. The number of rotatable bonds is 8. The fraction of sp³-hybridized carbons (Fsp3) is 0.250. The van der Waals surface area contributed by atoms with E-state index in [0.29, 0.717) is 18.0 Å². The van der Waals surface area contributed by atoms with E-state index in [-0.39, 0.29) is 46.8 Å². The average molecular weight is 500 g/mol. The van der Waals surface area contributed by atoms with Crippen LogP contribution in [0.3, 0.4) is 0 Å². The Balaban J connectivity index is 1.61. The Kier molecular flexibility index (Phi) is 6.97. The SMILES string of the molecule is COc1ccc(CN2CCOc3ncc(NS(=O)(=O)c4ccccc4OC)cc3C2=O)c(OC)c1. The highest BCUT2D eigenvalue weighted by atomic mass is 32.2. The predicted molar refractivity (Wildman–Crippen MR) is 128 cm³/mol. The number of carbonyl (C=O) groups excluding carboxylic acids is 1. The maximum atomic E-state index is 13.4. The zero-order chi connectivity index (χ0) is 25.0. The molecular weight excluding hydrogens is 474 g/mol. The molecule has 0 unspecified atom stereocenters. The van der Waals surface area contributed by atoms with Crippen molar-refractivity contribution in [3.63, 3.8) is 0 Å². The van der Waals surface area contributed by atoms with E-state index in [4.69, 9.17) is 18.9 Å². The van der Waals surface area contributed by atoms with Crippen molar-refractivity contribution >= 4 is 21.6 Å². The van der Waals surface area contributed by atoms with Gasteiger partial charge in [0.05, 0.1) is 39.8 Å². The fourth-order valence-corrected chi connectivity index (χ4v) is 4.90. The van der Waals surface area contributed by atoms with E-state index < -0.39 is 10.0 Å². The van der Waals surface area contributed by atoms with Gasteiger partial charge in [0.2, 0.25) is 5.88 Å². The van der Waals surface area contributed by atoms with Crippen LogP contribution in [0.15, 0.2) is 59.6 Å². The summed E-state index contributed by atoms with van der Waals surface area (Å²) in [5.74, 6) is 1.21. The molecule has 4 rings (SSSR count). The van der Waals surface area contributed by atoms with Crippen LogP contribution in [0.5, 0.6) is 23.1 Å². The van der Waals surface area contributed by atoms with Crippen molar-refractivity contribution in [2.75, 3.05) is 39.2 Å². The average Bonchev–Trinajstić information content (AvgIpc) is 3.02. The Morgan fingerprint density at radius 2 is 1.80 bits per heavy atom. The van der Waals surface area contributed by atoms with E-state index in [1.165, 1.54) is 25.4 Å². The second-order valence-electron chi connectivity index (χ2n) is 7.59. The Morgan fingerprint density at radius 3 is 2.54 bits per heavy atom. The lowest BCUT2D eigenvalue weighted by Gasteiger charge is -2.21. The molecule has 2 aromatic carbocycles. The third-order valence-electron chi connectivity index (χ3n) is 5.43. The third kappa shape index (κ3) is 5.09. The van der Waals surface area contributed by atoms with Gasteiger partial charge in [0.15, 0.2) is 0 Å². The molecule has 0 fully saturated rings. The number of fused-ring (bicyclic) bond motifs is 1. The Labute approximate surface area is 203 Å². The van der Waals surface area contributed by atoms with E-state index in [1.807, 2.05) is 6.07 Å². The molecule has 3 aromatic rings. The summed E-state index contributed by atoms with van der Waals surface area (Å²) in [6.07, 6.45) is 1.31. The van der Waals surface area contributed by atoms with Crippen molar-refractivity contribution < 1.29 is 32.2 Å². The maximum absolute atomic E-state index is 13.4. The molecule has 0 aliphatic carbocycles. The molecule has 1 aliphatic rings. The van der Waals surface area contributed by atoms with E-state index in [0.717, 1.165) is 5.56 Å². The number of sulfonamides is 1. The van der Waals surface area contributed by atoms with E-state index in [2.05, 4.69) is 9.71 Å². The normalized spacial score (nSPS) is 13.3. The Bertz CT molecular complexity index is 1340. The van der Waals surface area contributed by atoms with Gasteiger partial charge in [0.25, 0.3) is 15.9 Å². The summed E-state index contributed by atoms with van der Waals surface area (Å²) in [4.78, 5) is 19.1. The minimum Gasteiger partial charge on any atom is -0.497 e. The van der Waals surface area contributed by atoms with Gasteiger partial charge < -0.3 is 23.8 Å². The minimum atomic E-state index is -4.00. The molecule has 11 heteroatoms. The first kappa shape index (κ1) is 24.1. The molecule has 10 nitrogen and oxygen atoms in total. The number of amides is 1. The van der Waals surface area contributed by atoms with Crippen LogP contribution in [-0.4, -0.2) is 58.7 Å². The number of methoxy groups -OCH3 is 3. The van der Waals surface area contributed by atoms with Gasteiger partial charge >= 0.3 is 0 Å². The smallest absolute Gasteiger partial charge is 0.265 e. The van der Waals surface area contributed by atoms with Gasteiger partial charge in [0.1, 0.15) is 34.3 Å². The molecule has 0 spiro atoms. The van der Waals surface area contributed by atoms with Gasteiger partial charge in [-0.15, -0.1) is 0 Å². The van der Waals surface area contributed by atoms with E-state index in [1.54, 1.807) is 49.5 Å². The number of para-hydroxylation sites is 1. The standard InChI is InChI=1S/C24H25N3O7S/c1-31-18-9-8-16(21(13-18)33-3)15-27-10-11-34-23-19(24(27)28)12-17(14-25-23)26-35(29,30)22-7-5-4-6-20(22)32-2/h4-9,12-14,26H,10-11,15H2,1-3H3. The van der Waals surface area contributed by atoms with Crippen LogP contribution < -0.4 is 23.7 Å². The lowest BCUT2D eigenvalue weighted by molar-refractivity contribution is 0.0742. The Morgan fingerprint density at radius 1 is 1.03 bits per heavy atom. The first-order valence-corrected chi connectivity index (χ1v) is 12.1. The molecule has 0 atom stereocenters. The molecule has 0 radical (unpaired) electrons. The zero-order valence-corrected chi connectivity index (χ0v) is 20.3. The molecule has 1 aliphatic heterocycles. The molecular formula is C24H25N3O7S. The van der Waals surface area contributed by atoms with Crippen LogP contribution in [0, 0.1) is 0 Å². The highest BCUT2D eigenvalue weighted by molar-refractivity contribution is 7.92. The summed E-state index contributed by atoms with van der Waals surface area (Å²) in [6.45, 7) is 0.801. The molecule has 1 amide bonds. The summed E-state index contributed by atoms with van der Waals surface area (Å²) in [6, 6.07) is 13.0. The number of benzene rings is 2. The summed E-state index contributed by atoms with van der Waals surface area (Å²) >= 11 is 0. The van der Waals surface area contributed by atoms with E-state index in [9.17, 15) is 13.2 Å². The predicted octanol–water partition coefficient (Wildman–Crippen LogP) is 2.94. The monoisotopic (exact) mass is 499 g/mol. The van der Waals surface area contributed by atoms with Crippen molar-refractivity contribution in [2.24, 2.45) is 0 Å². The first-order chi connectivity index (χ1) is 16.9. The Hall–Kier alpha value is -3.99. The maximum Gasteiger partial charge on any atom is 0.265 e. The summed E-state index contributed by atoms with van der Waals surface area (Å²) in [5.41, 5.74) is 1.05. The molecule has 184 valence electrons. The van der Waals surface area contributed by atoms with Crippen LogP contribution in [0.25, 0.3) is 0 Å². The van der Waals surface area contributed by atoms with Crippen LogP contribution in [0.4, 0.5) is 5.69 Å².